The van der Waals surface area contributed by atoms with Gasteiger partial charge in [0.2, 0.25) is 0 Å². The van der Waals surface area contributed by atoms with Crippen LogP contribution in [0.5, 0.6) is 0 Å². The van der Waals surface area contributed by atoms with E-state index in [4.69, 9.17) is 103 Å². The van der Waals surface area contributed by atoms with Crippen molar-refractivity contribution < 1.29 is 41.7 Å². The van der Waals surface area contributed by atoms with E-state index in [1.807, 2.05) is 103 Å². The molecule has 0 atom stereocenters. The summed E-state index contributed by atoms with van der Waals surface area (Å²) in [6.07, 6.45) is 7.89. The molecule has 4 aromatic carbocycles. The zero-order valence-electron chi connectivity index (χ0n) is 29.0. The van der Waals surface area contributed by atoms with E-state index >= 15 is 0 Å². The molecule has 4 nitrogen and oxygen atoms in total. The van der Waals surface area contributed by atoms with Crippen LogP contribution in [0.3, 0.4) is 0 Å². The van der Waals surface area contributed by atoms with E-state index in [9.17, 15) is 0 Å². The maximum absolute atomic E-state index is 6.84. The maximum Gasteiger partial charge on any atom is 0.0737 e. The van der Waals surface area contributed by atoms with Gasteiger partial charge in [-0.1, -0.05) is 111 Å². The molecule has 0 radical (unpaired) electrons. The van der Waals surface area contributed by atoms with Crippen LogP contribution in [0.2, 0.25) is 40.2 Å². The van der Waals surface area contributed by atoms with Crippen molar-refractivity contribution in [3.63, 3.8) is 0 Å². The summed E-state index contributed by atoms with van der Waals surface area (Å²) in [6.45, 7) is 0. The van der Waals surface area contributed by atoms with Crippen molar-refractivity contribution in [2.45, 2.75) is 0 Å². The normalized spacial score (nSPS) is 11.9. The Morgan fingerprint density at radius 3 is 1.40 bits per heavy atom. The number of nitrogens with one attached hydrogen (secondary N) is 1. The van der Waals surface area contributed by atoms with Crippen LogP contribution < -0.4 is 0 Å². The zero-order valence-corrected chi connectivity index (χ0v) is 38.2. The fourth-order valence-corrected chi connectivity index (χ4v) is 8.19. The smallest absolute Gasteiger partial charge is 0.0737 e. The second kappa shape index (κ2) is 16.7. The zero-order chi connectivity index (χ0) is 38.8. The molecule has 0 aliphatic carbocycles. The fraction of sp³-hybridized carbons (Fsp3) is 0. The number of rotatable bonds is 4. The molecule has 1 N–H and O–H groups in total. The average molecular weight is 1030 g/mol. The van der Waals surface area contributed by atoms with Crippen molar-refractivity contribution in [1.29, 1.82) is 0 Å². The van der Waals surface area contributed by atoms with Gasteiger partial charge in [-0.05, 0) is 126 Å². The summed E-state index contributed by atoms with van der Waals surface area (Å²) in [5, 5.41) is 3.07. The first kappa shape index (κ1) is 40.9. The van der Waals surface area contributed by atoms with Gasteiger partial charge in [-0.15, -0.1) is 0 Å². The number of hydrogen-bond donors (Lipinski definition) is 1. The number of H-pyrrole nitrogens is 1. The Labute approximate surface area is 401 Å². The van der Waals surface area contributed by atoms with Gasteiger partial charge in [0, 0.05) is 75.2 Å². The van der Waals surface area contributed by atoms with Crippen LogP contribution >= 0.6 is 92.8 Å². The van der Waals surface area contributed by atoms with Gasteiger partial charge in [-0.3, -0.25) is 0 Å². The fourth-order valence-electron chi connectivity index (χ4n) is 7.00. The number of nitrogens with zero attached hydrogens (tertiary/aromatic N) is 3. The summed E-state index contributed by atoms with van der Waals surface area (Å²) in [7, 11) is 0. The monoisotopic (exact) mass is 1030 g/mol. The van der Waals surface area contributed by atoms with E-state index in [1.54, 1.807) is 24.3 Å². The van der Waals surface area contributed by atoms with Gasteiger partial charge in [0.25, 0.3) is 0 Å². The molecule has 8 bridgehead atoms. The Balaban J connectivity index is 0.00000455. The molecule has 5 heterocycles. The van der Waals surface area contributed by atoms with E-state index < -0.39 is 0 Å². The predicted octanol–water partition coefficient (Wildman–Crippen LogP) is 16.3. The van der Waals surface area contributed by atoms with E-state index in [-0.39, 0.29) is 41.7 Å². The van der Waals surface area contributed by atoms with Gasteiger partial charge in [0.15, 0.2) is 0 Å². The van der Waals surface area contributed by atoms with Crippen molar-refractivity contribution in [2.24, 2.45) is 0 Å². The standard InChI is InChI=1S/C44H22Cl8N4.Ce/c45-31-10-1-22(15-35(31)49)41-39-14-8-28(55-39)19-27-5-4-25(53-27)18-26-6-7-29(54-26)20-40-42(23-2-11-32(46)36(50)16-23)43(24-3-12-33(47)37(51)17-24)44(41)56(40)30-9-13-34(48)38(52)21-30;/h1-21,53H;. The molecule has 0 unspecified atom stereocenters. The molecule has 0 amide bonds. The molecular weight excluding hydrogens is 1010 g/mol. The average Bonchev–Trinajstić information content (AvgIpc) is 3.98. The summed E-state index contributed by atoms with van der Waals surface area (Å²) >= 11 is 53.5. The van der Waals surface area contributed by atoms with Crippen LogP contribution in [0.4, 0.5) is 0 Å². The molecule has 13 heteroatoms. The third kappa shape index (κ3) is 7.97. The SMILES string of the molecule is Clc1ccc(-c2c(-c3ccc(Cl)c(Cl)c3)c3c(-c4ccc(Cl)c(Cl)c4)c4nc(cc5ccc(cc6nc(cc2n3-c2ccc(Cl)c(Cl)c2)C=C6)[nH]5)C=C4)cc1Cl.[Ce]. The van der Waals surface area contributed by atoms with Gasteiger partial charge in [-0.2, -0.15) is 0 Å². The third-order valence-electron chi connectivity index (χ3n) is 9.45. The van der Waals surface area contributed by atoms with Crippen molar-refractivity contribution >= 4 is 139 Å². The van der Waals surface area contributed by atoms with Crippen LogP contribution in [0.25, 0.3) is 85.4 Å². The van der Waals surface area contributed by atoms with Crippen LogP contribution in [0.1, 0.15) is 22.8 Å². The number of benzene rings is 4. The molecule has 0 saturated heterocycles. The van der Waals surface area contributed by atoms with Gasteiger partial charge < -0.3 is 9.55 Å². The second-order valence-corrected chi connectivity index (χ2v) is 16.3. The molecule has 3 aromatic heterocycles. The minimum Gasteiger partial charge on any atom is -0.355 e. The second-order valence-electron chi connectivity index (χ2n) is 13.0. The number of fused-ring (bicyclic) bond motifs is 8. The van der Waals surface area contributed by atoms with E-state index in [0.717, 1.165) is 61.3 Å². The Morgan fingerprint density at radius 1 is 0.404 bits per heavy atom. The number of hydrogen-bond acceptors (Lipinski definition) is 2. The topological polar surface area (TPSA) is 46.5 Å². The largest absolute Gasteiger partial charge is 0.355 e. The molecule has 2 aliphatic heterocycles. The predicted molar refractivity (Wildman–Crippen MR) is 240 cm³/mol. The Bertz CT molecular complexity index is 3040. The minimum atomic E-state index is 0. The van der Waals surface area contributed by atoms with Gasteiger partial charge in [0.1, 0.15) is 0 Å². The maximum atomic E-state index is 6.84. The van der Waals surface area contributed by atoms with Crippen LogP contribution in [0, 0.1) is 41.7 Å². The molecule has 0 spiro atoms. The summed E-state index contributed by atoms with van der Waals surface area (Å²) in [5.41, 5.74) is 11.3. The van der Waals surface area contributed by atoms with Crippen molar-refractivity contribution in [3.05, 3.63) is 166 Å². The van der Waals surface area contributed by atoms with E-state index in [2.05, 4.69) is 9.55 Å². The van der Waals surface area contributed by atoms with Crippen molar-refractivity contribution in [1.82, 2.24) is 19.5 Å². The summed E-state index contributed by atoms with van der Waals surface area (Å²) in [4.78, 5) is 13.7. The molecule has 278 valence electrons. The first-order chi connectivity index (χ1) is 27.0. The Kier molecular flexibility index (Phi) is 12.0. The van der Waals surface area contributed by atoms with Crippen LogP contribution in [-0.4, -0.2) is 19.5 Å². The first-order valence-corrected chi connectivity index (χ1v) is 20.0. The Hall–Kier alpha value is -2.82. The van der Waals surface area contributed by atoms with Gasteiger partial charge in [-0.25, -0.2) is 9.97 Å². The van der Waals surface area contributed by atoms with Gasteiger partial charge in [0.05, 0.1) is 74.0 Å². The van der Waals surface area contributed by atoms with Crippen LogP contribution in [-0.2, 0) is 0 Å². The van der Waals surface area contributed by atoms with Crippen molar-refractivity contribution in [2.75, 3.05) is 0 Å². The van der Waals surface area contributed by atoms with E-state index in [0.29, 0.717) is 62.8 Å². The molecule has 7 aromatic rings. The summed E-state index contributed by atoms with van der Waals surface area (Å²) in [6, 6.07) is 32.1. The number of aromatic amines is 1. The Morgan fingerprint density at radius 2 is 0.860 bits per heavy atom. The molecule has 0 fully saturated rings. The van der Waals surface area contributed by atoms with Crippen LogP contribution in [0.15, 0.2) is 103 Å². The van der Waals surface area contributed by atoms with Crippen molar-refractivity contribution in [3.8, 4) is 39.1 Å². The number of aromatic nitrogens is 4. The van der Waals surface area contributed by atoms with E-state index in [1.165, 1.54) is 0 Å². The molecule has 9 rings (SSSR count). The molecule has 0 saturated carbocycles. The minimum absolute atomic E-state index is 0. The quantitative estimate of drug-likeness (QED) is 0.191. The molecule has 57 heavy (non-hydrogen) atoms. The molecule has 2 aliphatic rings. The first-order valence-electron chi connectivity index (χ1n) is 17.0. The third-order valence-corrected chi connectivity index (χ3v) is 12.4. The summed E-state index contributed by atoms with van der Waals surface area (Å²) in [5.74, 6) is 0. The van der Waals surface area contributed by atoms with Gasteiger partial charge >= 0.3 is 0 Å². The summed E-state index contributed by atoms with van der Waals surface area (Å²) < 4.78 is 2.12. The number of halogens is 8. The molecular formula is C44H22CeCl8N4.